The SMILES string of the molecule is Cc1ccc(Cl)c(OC(C)C(=O)NCc2ccc(CN3CCC(O)CC3)cc2)c1. The summed E-state index contributed by atoms with van der Waals surface area (Å²) in [5, 5.41) is 13.0. The van der Waals surface area contributed by atoms with Crippen molar-refractivity contribution in [2.75, 3.05) is 13.1 Å². The highest BCUT2D eigenvalue weighted by molar-refractivity contribution is 6.32. The monoisotopic (exact) mass is 416 g/mol. The van der Waals surface area contributed by atoms with Crippen molar-refractivity contribution in [3.05, 3.63) is 64.2 Å². The summed E-state index contributed by atoms with van der Waals surface area (Å²) in [5.74, 6) is 0.336. The van der Waals surface area contributed by atoms with Gasteiger partial charge in [0.25, 0.3) is 5.91 Å². The predicted molar refractivity (Wildman–Crippen MR) is 115 cm³/mol. The van der Waals surface area contributed by atoms with Gasteiger partial charge < -0.3 is 15.2 Å². The summed E-state index contributed by atoms with van der Waals surface area (Å²) in [5.41, 5.74) is 3.30. The van der Waals surface area contributed by atoms with Gasteiger partial charge >= 0.3 is 0 Å². The van der Waals surface area contributed by atoms with Crippen LogP contribution in [0.15, 0.2) is 42.5 Å². The maximum atomic E-state index is 12.4. The predicted octanol–water partition coefficient (Wildman–Crippen LogP) is 3.69. The number of ether oxygens (including phenoxy) is 1. The molecule has 1 fully saturated rings. The Morgan fingerprint density at radius 3 is 2.55 bits per heavy atom. The summed E-state index contributed by atoms with van der Waals surface area (Å²) >= 11 is 6.14. The lowest BCUT2D eigenvalue weighted by Crippen LogP contribution is -2.36. The van der Waals surface area contributed by atoms with E-state index in [2.05, 4.69) is 22.3 Å². The molecule has 1 amide bonds. The van der Waals surface area contributed by atoms with Crippen LogP contribution in [0.2, 0.25) is 5.02 Å². The van der Waals surface area contributed by atoms with Gasteiger partial charge in [-0.1, -0.05) is 41.9 Å². The van der Waals surface area contributed by atoms with Crippen molar-refractivity contribution in [1.82, 2.24) is 10.2 Å². The van der Waals surface area contributed by atoms with Crippen LogP contribution in [0.25, 0.3) is 0 Å². The van der Waals surface area contributed by atoms with Gasteiger partial charge in [-0.15, -0.1) is 0 Å². The van der Waals surface area contributed by atoms with Gasteiger partial charge in [-0.2, -0.15) is 0 Å². The molecule has 6 heteroatoms. The fourth-order valence-electron chi connectivity index (χ4n) is 3.38. The first kappa shape index (κ1) is 21.6. The molecule has 1 aliphatic rings. The van der Waals surface area contributed by atoms with Gasteiger partial charge in [0, 0.05) is 26.2 Å². The Balaban J connectivity index is 1.46. The number of benzene rings is 2. The van der Waals surface area contributed by atoms with Gasteiger partial charge in [0.05, 0.1) is 11.1 Å². The molecule has 1 aliphatic heterocycles. The van der Waals surface area contributed by atoms with Crippen LogP contribution < -0.4 is 10.1 Å². The molecule has 2 aromatic rings. The van der Waals surface area contributed by atoms with Gasteiger partial charge in [0.15, 0.2) is 6.10 Å². The van der Waals surface area contributed by atoms with Crippen LogP contribution in [-0.2, 0) is 17.9 Å². The number of aliphatic hydroxyl groups excluding tert-OH is 1. The van der Waals surface area contributed by atoms with Crippen molar-refractivity contribution >= 4 is 17.5 Å². The Hall–Kier alpha value is -2.08. The quantitative estimate of drug-likeness (QED) is 0.722. The van der Waals surface area contributed by atoms with Gasteiger partial charge in [0.1, 0.15) is 5.75 Å². The van der Waals surface area contributed by atoms with Crippen LogP contribution in [0, 0.1) is 6.92 Å². The zero-order chi connectivity index (χ0) is 20.8. The van der Waals surface area contributed by atoms with E-state index in [0.717, 1.165) is 43.6 Å². The number of nitrogens with zero attached hydrogens (tertiary/aromatic N) is 1. The summed E-state index contributed by atoms with van der Waals surface area (Å²) in [7, 11) is 0. The molecule has 0 spiro atoms. The van der Waals surface area contributed by atoms with Gasteiger partial charge in [-0.25, -0.2) is 0 Å². The maximum absolute atomic E-state index is 12.4. The lowest BCUT2D eigenvalue weighted by Gasteiger charge is -2.29. The lowest BCUT2D eigenvalue weighted by molar-refractivity contribution is -0.127. The molecule has 0 aliphatic carbocycles. The van der Waals surface area contributed by atoms with E-state index in [1.807, 2.05) is 31.2 Å². The minimum Gasteiger partial charge on any atom is -0.479 e. The van der Waals surface area contributed by atoms with E-state index < -0.39 is 6.10 Å². The molecule has 29 heavy (non-hydrogen) atoms. The first-order valence-corrected chi connectivity index (χ1v) is 10.5. The number of carbonyl (C=O) groups is 1. The largest absolute Gasteiger partial charge is 0.479 e. The standard InChI is InChI=1S/C23H29ClN2O3/c1-16-3-8-21(24)22(13-16)29-17(2)23(28)25-14-18-4-6-19(7-5-18)15-26-11-9-20(27)10-12-26/h3-8,13,17,20,27H,9-12,14-15H2,1-2H3,(H,25,28). The highest BCUT2D eigenvalue weighted by atomic mass is 35.5. The van der Waals surface area contributed by atoms with Crippen molar-refractivity contribution in [2.45, 2.75) is 52.0 Å². The van der Waals surface area contributed by atoms with Crippen molar-refractivity contribution < 1.29 is 14.6 Å². The fourth-order valence-corrected chi connectivity index (χ4v) is 3.54. The zero-order valence-electron chi connectivity index (χ0n) is 17.0. The number of aliphatic hydroxyl groups is 1. The number of likely N-dealkylation sites (tertiary alicyclic amines) is 1. The van der Waals surface area contributed by atoms with E-state index in [4.69, 9.17) is 16.3 Å². The third-order valence-corrected chi connectivity index (χ3v) is 5.52. The number of piperidine rings is 1. The van der Waals surface area contributed by atoms with Crippen LogP contribution in [0.4, 0.5) is 0 Å². The molecule has 1 saturated heterocycles. The van der Waals surface area contributed by atoms with Crippen LogP contribution in [0.5, 0.6) is 5.75 Å². The summed E-state index contributed by atoms with van der Waals surface area (Å²) in [6.07, 6.45) is 0.907. The van der Waals surface area contributed by atoms with E-state index in [-0.39, 0.29) is 12.0 Å². The molecule has 156 valence electrons. The third-order valence-electron chi connectivity index (χ3n) is 5.21. The molecule has 1 unspecified atom stereocenters. The number of amides is 1. The molecular formula is C23H29ClN2O3. The Kier molecular flexibility index (Phi) is 7.53. The maximum Gasteiger partial charge on any atom is 0.261 e. The van der Waals surface area contributed by atoms with Gasteiger partial charge in [0.2, 0.25) is 0 Å². The summed E-state index contributed by atoms with van der Waals surface area (Å²) in [6, 6.07) is 13.8. The van der Waals surface area contributed by atoms with E-state index in [1.54, 1.807) is 13.0 Å². The number of hydrogen-bond donors (Lipinski definition) is 2. The van der Waals surface area contributed by atoms with Crippen LogP contribution in [0.1, 0.15) is 36.5 Å². The minimum atomic E-state index is -0.636. The molecule has 5 nitrogen and oxygen atoms in total. The number of nitrogens with one attached hydrogen (secondary N) is 1. The average Bonchev–Trinajstić information content (AvgIpc) is 2.71. The molecule has 0 aromatic heterocycles. The van der Waals surface area contributed by atoms with E-state index in [0.29, 0.717) is 17.3 Å². The van der Waals surface area contributed by atoms with Crippen LogP contribution in [0.3, 0.4) is 0 Å². The van der Waals surface area contributed by atoms with Crippen LogP contribution >= 0.6 is 11.6 Å². The first-order chi connectivity index (χ1) is 13.9. The third kappa shape index (κ3) is 6.46. The number of rotatable bonds is 7. The molecule has 3 rings (SSSR count). The molecule has 1 heterocycles. The second-order valence-corrected chi connectivity index (χ2v) is 8.14. The average molecular weight is 417 g/mol. The number of hydrogen-bond acceptors (Lipinski definition) is 4. The number of halogens is 1. The highest BCUT2D eigenvalue weighted by Crippen LogP contribution is 2.26. The fraction of sp³-hybridized carbons (Fsp3) is 0.435. The Morgan fingerprint density at radius 1 is 1.21 bits per heavy atom. The molecule has 0 saturated carbocycles. The topological polar surface area (TPSA) is 61.8 Å². The van der Waals surface area contributed by atoms with E-state index in [1.165, 1.54) is 5.56 Å². The van der Waals surface area contributed by atoms with Crippen molar-refractivity contribution in [1.29, 1.82) is 0 Å². The highest BCUT2D eigenvalue weighted by Gasteiger charge is 2.17. The zero-order valence-corrected chi connectivity index (χ0v) is 17.8. The molecule has 0 bridgehead atoms. The second kappa shape index (κ2) is 10.1. The lowest BCUT2D eigenvalue weighted by atomic mass is 10.1. The Morgan fingerprint density at radius 2 is 1.86 bits per heavy atom. The smallest absolute Gasteiger partial charge is 0.261 e. The Bertz CT molecular complexity index is 817. The number of carbonyl (C=O) groups excluding carboxylic acids is 1. The Labute approximate surface area is 177 Å². The summed E-state index contributed by atoms with van der Waals surface area (Å²) in [4.78, 5) is 14.7. The van der Waals surface area contributed by atoms with E-state index in [9.17, 15) is 9.90 Å². The normalized spacial score (nSPS) is 16.4. The number of aryl methyl sites for hydroxylation is 1. The minimum absolute atomic E-state index is 0.148. The molecule has 2 aromatic carbocycles. The molecule has 2 N–H and O–H groups in total. The summed E-state index contributed by atoms with van der Waals surface area (Å²) in [6.45, 7) is 6.87. The van der Waals surface area contributed by atoms with Gasteiger partial charge in [-0.05, 0) is 55.5 Å². The summed E-state index contributed by atoms with van der Waals surface area (Å²) < 4.78 is 5.72. The van der Waals surface area contributed by atoms with Crippen molar-refractivity contribution in [2.24, 2.45) is 0 Å². The van der Waals surface area contributed by atoms with E-state index >= 15 is 0 Å². The second-order valence-electron chi connectivity index (χ2n) is 7.74. The molecular weight excluding hydrogens is 388 g/mol. The molecule has 1 atom stereocenters. The van der Waals surface area contributed by atoms with Crippen LogP contribution in [-0.4, -0.2) is 41.2 Å². The van der Waals surface area contributed by atoms with Gasteiger partial charge in [-0.3, -0.25) is 9.69 Å². The molecule has 0 radical (unpaired) electrons. The first-order valence-electron chi connectivity index (χ1n) is 10.1. The van der Waals surface area contributed by atoms with Crippen molar-refractivity contribution in [3.8, 4) is 5.75 Å². The van der Waals surface area contributed by atoms with Crippen molar-refractivity contribution in [3.63, 3.8) is 0 Å².